The van der Waals surface area contributed by atoms with E-state index in [4.69, 9.17) is 5.26 Å². The molecule has 23 heavy (non-hydrogen) atoms. The van der Waals surface area contributed by atoms with Crippen molar-refractivity contribution in [3.05, 3.63) is 35.1 Å². The van der Waals surface area contributed by atoms with Gasteiger partial charge in [0.25, 0.3) is 0 Å². The van der Waals surface area contributed by atoms with Gasteiger partial charge in [-0.15, -0.1) is 0 Å². The molecular weight excluding hydrogens is 291 g/mol. The van der Waals surface area contributed by atoms with Crippen molar-refractivity contribution in [2.75, 3.05) is 19.6 Å². The Balaban J connectivity index is 1.71. The fourth-order valence-electron chi connectivity index (χ4n) is 3.53. The van der Waals surface area contributed by atoms with Crippen LogP contribution >= 0.6 is 0 Å². The lowest BCUT2D eigenvalue weighted by molar-refractivity contribution is 0.151. The number of nitriles is 1. The second-order valence-electron chi connectivity index (χ2n) is 6.61. The van der Waals surface area contributed by atoms with Crippen molar-refractivity contribution in [2.24, 2.45) is 10.4 Å². The number of rotatable bonds is 3. The third kappa shape index (κ3) is 3.31. The molecule has 4 nitrogen and oxygen atoms in total. The van der Waals surface area contributed by atoms with Crippen LogP contribution in [0.25, 0.3) is 0 Å². The molecule has 1 heterocycles. The monoisotopic (exact) mass is 314 g/mol. The number of likely N-dealkylation sites (tertiary alicyclic amines) is 1. The number of guanidine groups is 1. The largest absolute Gasteiger partial charge is 0.357 e. The van der Waals surface area contributed by atoms with Crippen LogP contribution in [-0.2, 0) is 6.54 Å². The summed E-state index contributed by atoms with van der Waals surface area (Å²) in [7, 11) is 0. The van der Waals surface area contributed by atoms with Crippen LogP contribution < -0.4 is 5.32 Å². The van der Waals surface area contributed by atoms with Gasteiger partial charge in [0, 0.05) is 25.2 Å². The van der Waals surface area contributed by atoms with E-state index in [1.54, 1.807) is 12.1 Å². The molecule has 1 saturated carbocycles. The van der Waals surface area contributed by atoms with Crippen molar-refractivity contribution in [1.82, 2.24) is 10.2 Å². The predicted octanol–water partition coefficient (Wildman–Crippen LogP) is 3.04. The summed E-state index contributed by atoms with van der Waals surface area (Å²) >= 11 is 0. The van der Waals surface area contributed by atoms with Crippen molar-refractivity contribution in [3.8, 4) is 6.07 Å². The van der Waals surface area contributed by atoms with Crippen LogP contribution in [0.2, 0.25) is 0 Å². The number of aliphatic imine (C=N–C) groups is 1. The van der Waals surface area contributed by atoms with Gasteiger partial charge in [-0.25, -0.2) is 9.38 Å². The fraction of sp³-hybridized carbons (Fsp3) is 0.556. The van der Waals surface area contributed by atoms with Crippen molar-refractivity contribution in [1.29, 1.82) is 5.26 Å². The van der Waals surface area contributed by atoms with E-state index in [1.807, 2.05) is 13.0 Å². The summed E-state index contributed by atoms with van der Waals surface area (Å²) in [5.41, 5.74) is 1.38. The molecule has 1 spiro atoms. The average molecular weight is 314 g/mol. The standard InChI is InChI=1S/C18H23FN4/c1-2-21-17(23-9-8-18(13-23)6-3-7-18)22-12-15-5-4-14(11-20)10-16(15)19/h4-5,10H,2-3,6-9,12-13H2,1H3,(H,21,22). The molecule has 1 aliphatic heterocycles. The molecule has 0 bridgehead atoms. The third-order valence-electron chi connectivity index (χ3n) is 5.07. The second-order valence-corrected chi connectivity index (χ2v) is 6.61. The van der Waals surface area contributed by atoms with Gasteiger partial charge in [0.1, 0.15) is 5.82 Å². The highest BCUT2D eigenvalue weighted by Gasteiger charge is 2.43. The van der Waals surface area contributed by atoms with Gasteiger partial charge in [-0.05, 0) is 43.7 Å². The molecule has 1 saturated heterocycles. The number of nitrogens with one attached hydrogen (secondary N) is 1. The average Bonchev–Trinajstić information content (AvgIpc) is 2.98. The molecule has 0 aromatic heterocycles. The zero-order valence-electron chi connectivity index (χ0n) is 13.6. The first-order valence-electron chi connectivity index (χ1n) is 8.37. The van der Waals surface area contributed by atoms with E-state index in [0.29, 0.717) is 23.1 Å². The molecule has 1 aliphatic carbocycles. The number of benzene rings is 1. The smallest absolute Gasteiger partial charge is 0.194 e. The van der Waals surface area contributed by atoms with Crippen molar-refractivity contribution in [3.63, 3.8) is 0 Å². The molecular formula is C18H23FN4. The van der Waals surface area contributed by atoms with Crippen molar-refractivity contribution in [2.45, 2.75) is 39.2 Å². The molecule has 0 atom stereocenters. The lowest BCUT2D eigenvalue weighted by Crippen LogP contribution is -2.42. The SMILES string of the molecule is CCNC(=NCc1ccc(C#N)cc1F)N1CCC2(CCC2)C1. The first-order valence-corrected chi connectivity index (χ1v) is 8.37. The van der Waals surface area contributed by atoms with Crippen LogP contribution in [0.3, 0.4) is 0 Å². The Hall–Kier alpha value is -2.09. The highest BCUT2D eigenvalue weighted by Crippen LogP contribution is 2.47. The first-order chi connectivity index (χ1) is 11.2. The first kappa shape index (κ1) is 15.8. The van der Waals surface area contributed by atoms with Crippen LogP contribution in [0.15, 0.2) is 23.2 Å². The summed E-state index contributed by atoms with van der Waals surface area (Å²) in [6.07, 6.45) is 5.24. The van der Waals surface area contributed by atoms with Crippen LogP contribution in [0.5, 0.6) is 0 Å². The summed E-state index contributed by atoms with van der Waals surface area (Å²) in [6, 6.07) is 6.52. The van der Waals surface area contributed by atoms with E-state index >= 15 is 0 Å². The van der Waals surface area contributed by atoms with E-state index in [2.05, 4.69) is 15.2 Å². The maximum Gasteiger partial charge on any atom is 0.194 e. The fourth-order valence-corrected chi connectivity index (χ4v) is 3.53. The second kappa shape index (κ2) is 6.57. The molecule has 0 amide bonds. The van der Waals surface area contributed by atoms with Gasteiger partial charge in [0.2, 0.25) is 0 Å². The Bertz CT molecular complexity index is 643. The van der Waals surface area contributed by atoms with E-state index in [1.165, 1.54) is 31.7 Å². The van der Waals surface area contributed by atoms with Gasteiger partial charge in [-0.3, -0.25) is 0 Å². The Labute approximate surface area is 137 Å². The molecule has 3 rings (SSSR count). The summed E-state index contributed by atoms with van der Waals surface area (Å²) in [6.45, 7) is 5.24. The van der Waals surface area contributed by atoms with E-state index in [9.17, 15) is 4.39 Å². The normalized spacial score (nSPS) is 19.5. The van der Waals surface area contributed by atoms with E-state index in [0.717, 1.165) is 25.6 Å². The minimum atomic E-state index is -0.361. The Morgan fingerprint density at radius 1 is 1.43 bits per heavy atom. The topological polar surface area (TPSA) is 51.4 Å². The van der Waals surface area contributed by atoms with Crippen molar-refractivity contribution < 1.29 is 4.39 Å². The molecule has 0 radical (unpaired) electrons. The number of hydrogen-bond acceptors (Lipinski definition) is 2. The summed E-state index contributed by atoms with van der Waals surface area (Å²) in [5, 5.41) is 12.1. The lowest BCUT2D eigenvalue weighted by atomic mass is 9.68. The molecule has 0 unspecified atom stereocenters. The Morgan fingerprint density at radius 3 is 2.83 bits per heavy atom. The molecule has 2 fully saturated rings. The summed E-state index contributed by atoms with van der Waals surface area (Å²) < 4.78 is 14.0. The number of nitrogens with zero attached hydrogens (tertiary/aromatic N) is 3. The number of hydrogen-bond donors (Lipinski definition) is 1. The lowest BCUT2D eigenvalue weighted by Gasteiger charge is -2.38. The predicted molar refractivity (Wildman–Crippen MR) is 88.4 cm³/mol. The highest BCUT2D eigenvalue weighted by molar-refractivity contribution is 5.80. The Kier molecular flexibility index (Phi) is 4.51. The molecule has 1 aromatic rings. The quantitative estimate of drug-likeness (QED) is 0.689. The molecule has 1 N–H and O–H groups in total. The molecule has 122 valence electrons. The zero-order valence-corrected chi connectivity index (χ0v) is 13.6. The number of halogens is 1. The Morgan fingerprint density at radius 2 is 2.26 bits per heavy atom. The van der Waals surface area contributed by atoms with Gasteiger partial charge < -0.3 is 10.2 Å². The highest BCUT2D eigenvalue weighted by atomic mass is 19.1. The van der Waals surface area contributed by atoms with Crippen LogP contribution in [0, 0.1) is 22.6 Å². The third-order valence-corrected chi connectivity index (χ3v) is 5.07. The van der Waals surface area contributed by atoms with Gasteiger partial charge in [0.15, 0.2) is 5.96 Å². The molecule has 1 aromatic carbocycles. The maximum atomic E-state index is 14.0. The van der Waals surface area contributed by atoms with Gasteiger partial charge in [-0.1, -0.05) is 12.5 Å². The summed E-state index contributed by atoms with van der Waals surface area (Å²) in [4.78, 5) is 6.92. The molecule has 5 heteroatoms. The van der Waals surface area contributed by atoms with Crippen LogP contribution in [-0.4, -0.2) is 30.5 Å². The van der Waals surface area contributed by atoms with Gasteiger partial charge in [0.05, 0.1) is 18.2 Å². The van der Waals surface area contributed by atoms with Gasteiger partial charge >= 0.3 is 0 Å². The minimum Gasteiger partial charge on any atom is -0.357 e. The summed E-state index contributed by atoms with van der Waals surface area (Å²) in [5.74, 6) is 0.514. The van der Waals surface area contributed by atoms with Crippen LogP contribution in [0.4, 0.5) is 4.39 Å². The van der Waals surface area contributed by atoms with Crippen molar-refractivity contribution >= 4 is 5.96 Å². The zero-order chi connectivity index (χ0) is 16.3. The van der Waals surface area contributed by atoms with E-state index < -0.39 is 0 Å². The van der Waals surface area contributed by atoms with Crippen LogP contribution in [0.1, 0.15) is 43.7 Å². The molecule has 2 aliphatic rings. The minimum absolute atomic E-state index is 0.295. The van der Waals surface area contributed by atoms with Gasteiger partial charge in [-0.2, -0.15) is 5.26 Å². The van der Waals surface area contributed by atoms with E-state index in [-0.39, 0.29) is 5.82 Å². The maximum absolute atomic E-state index is 14.0.